The summed E-state index contributed by atoms with van der Waals surface area (Å²) < 4.78 is 37.6. The third-order valence-electron chi connectivity index (χ3n) is 6.23. The molecule has 0 bridgehead atoms. The van der Waals surface area contributed by atoms with Crippen molar-refractivity contribution in [1.29, 1.82) is 0 Å². The lowest BCUT2D eigenvalue weighted by Gasteiger charge is -2.20. The molecular weight excluding hydrogens is 541 g/mol. The molecule has 1 amide bonds. The highest BCUT2D eigenvalue weighted by Crippen LogP contribution is 2.34. The Balaban J connectivity index is 0.00000484. The van der Waals surface area contributed by atoms with Crippen molar-refractivity contribution in [3.63, 3.8) is 0 Å². The molecule has 0 fully saturated rings. The maximum absolute atomic E-state index is 15.8. The van der Waals surface area contributed by atoms with Gasteiger partial charge < -0.3 is 23.9 Å². The van der Waals surface area contributed by atoms with Crippen molar-refractivity contribution in [1.82, 2.24) is 5.32 Å². The number of hydrogen-bond donors (Lipinski definition) is 1. The van der Waals surface area contributed by atoms with Gasteiger partial charge in [-0.25, -0.2) is 9.18 Å². The van der Waals surface area contributed by atoms with E-state index in [0.717, 1.165) is 5.39 Å². The lowest BCUT2D eigenvalue weighted by atomic mass is 9.98. The van der Waals surface area contributed by atoms with Crippen LogP contribution in [0, 0.1) is 5.82 Å². The van der Waals surface area contributed by atoms with Gasteiger partial charge in [0.15, 0.2) is 5.78 Å². The molecule has 222 valence electrons. The number of nitrogens with one attached hydrogen (secondary N) is 1. The van der Waals surface area contributed by atoms with Gasteiger partial charge in [-0.05, 0) is 57.5 Å². The van der Waals surface area contributed by atoms with Gasteiger partial charge in [-0.15, -0.1) is 0 Å². The summed E-state index contributed by atoms with van der Waals surface area (Å²) in [5.74, 6) is -0.714. The highest BCUT2D eigenvalue weighted by atomic mass is 19.1. The summed E-state index contributed by atoms with van der Waals surface area (Å²) in [6.07, 6.45) is 0.858. The summed E-state index contributed by atoms with van der Waals surface area (Å²) in [5.41, 5.74) is 2.63. The zero-order valence-corrected chi connectivity index (χ0v) is 23.6. The molecule has 42 heavy (non-hydrogen) atoms. The lowest BCUT2D eigenvalue weighted by Crippen LogP contribution is -2.32. The molecule has 0 aliphatic heterocycles. The number of halogens is 1. The van der Waals surface area contributed by atoms with Gasteiger partial charge in [0.25, 0.3) is 0 Å². The van der Waals surface area contributed by atoms with E-state index in [4.69, 9.17) is 18.6 Å². The molecule has 0 aliphatic carbocycles. The number of amides is 1. The minimum Gasteiger partial charge on any atom is -0.489 e. The highest BCUT2D eigenvalue weighted by molar-refractivity contribution is 5.95. The predicted octanol–water partition coefficient (Wildman–Crippen LogP) is 7.40. The molecule has 1 aromatic heterocycles. The first-order chi connectivity index (χ1) is 19.4. The molecule has 1 heterocycles. The zero-order chi connectivity index (χ0) is 29.7. The Hall–Kier alpha value is -4.66. The van der Waals surface area contributed by atoms with E-state index in [1.807, 2.05) is 6.07 Å². The molecule has 9 heteroatoms. The third kappa shape index (κ3) is 7.75. The van der Waals surface area contributed by atoms with Crippen molar-refractivity contribution >= 4 is 28.8 Å². The van der Waals surface area contributed by atoms with E-state index in [1.54, 1.807) is 69.3 Å². The summed E-state index contributed by atoms with van der Waals surface area (Å²) in [6, 6.07) is 15.2. The van der Waals surface area contributed by atoms with E-state index in [2.05, 4.69) is 5.32 Å². The van der Waals surface area contributed by atoms with Crippen LogP contribution in [0.4, 0.5) is 9.18 Å². The summed E-state index contributed by atoms with van der Waals surface area (Å²) >= 11 is 0. The third-order valence-corrected chi connectivity index (χ3v) is 6.23. The second-order valence-electron chi connectivity index (χ2n) is 10.5. The van der Waals surface area contributed by atoms with Crippen LogP contribution in [0.5, 0.6) is 5.75 Å². The minimum absolute atomic E-state index is 0. The first-order valence-electron chi connectivity index (χ1n) is 13.0. The molecular formula is C33H36FNO7. The Bertz CT molecular complexity index is 1600. The van der Waals surface area contributed by atoms with Gasteiger partial charge >= 0.3 is 12.1 Å². The van der Waals surface area contributed by atoms with Crippen LogP contribution in [0.2, 0.25) is 0 Å². The Morgan fingerprint density at radius 2 is 1.74 bits per heavy atom. The minimum atomic E-state index is -0.675. The molecule has 4 rings (SSSR count). The van der Waals surface area contributed by atoms with Gasteiger partial charge in [-0.2, -0.15) is 0 Å². The van der Waals surface area contributed by atoms with Crippen LogP contribution < -0.4 is 10.1 Å². The van der Waals surface area contributed by atoms with Gasteiger partial charge in [0.1, 0.15) is 29.4 Å². The average Bonchev–Trinajstić information content (AvgIpc) is 3.39. The van der Waals surface area contributed by atoms with Gasteiger partial charge in [0.2, 0.25) is 0 Å². The number of esters is 1. The predicted molar refractivity (Wildman–Crippen MR) is 158 cm³/mol. The number of furan rings is 1. The van der Waals surface area contributed by atoms with E-state index in [1.165, 1.54) is 20.3 Å². The smallest absolute Gasteiger partial charge is 0.407 e. The molecule has 0 atom stereocenters. The van der Waals surface area contributed by atoms with Crippen molar-refractivity contribution in [2.75, 3.05) is 7.11 Å². The molecule has 0 aliphatic rings. The van der Waals surface area contributed by atoms with Gasteiger partial charge in [0.05, 0.1) is 19.8 Å². The standard InChI is InChI=1S/C32H32FNO7.CH4/c1-19(35)21-9-10-22(16-28(36)38-5)27(15-21)40-18-20-13-23-11-12-39-30(23)26(14-20)25-8-6-7-24(29(25)33)17-34-31(37)41-32(2,3)4;/h6-15H,16-18H2,1-5H3,(H,34,37);1H4. The van der Waals surface area contributed by atoms with E-state index in [-0.39, 0.29) is 38.3 Å². The molecule has 0 unspecified atom stereocenters. The summed E-state index contributed by atoms with van der Waals surface area (Å²) in [6.45, 7) is 6.71. The molecule has 8 nitrogen and oxygen atoms in total. The number of rotatable bonds is 9. The molecule has 4 aromatic rings. The van der Waals surface area contributed by atoms with Crippen molar-refractivity contribution in [3.8, 4) is 16.9 Å². The van der Waals surface area contributed by atoms with Crippen molar-refractivity contribution < 1.29 is 37.4 Å². The number of ether oxygens (including phenoxy) is 3. The fourth-order valence-corrected chi connectivity index (χ4v) is 4.28. The Labute approximate surface area is 244 Å². The van der Waals surface area contributed by atoms with Crippen molar-refractivity contribution in [3.05, 3.63) is 88.9 Å². The first-order valence-corrected chi connectivity index (χ1v) is 13.0. The Kier molecular flexibility index (Phi) is 10.1. The van der Waals surface area contributed by atoms with Crippen LogP contribution in [0.15, 0.2) is 65.3 Å². The van der Waals surface area contributed by atoms with Crippen LogP contribution >= 0.6 is 0 Å². The summed E-state index contributed by atoms with van der Waals surface area (Å²) in [7, 11) is 1.30. The normalized spacial score (nSPS) is 11.0. The quantitative estimate of drug-likeness (QED) is 0.163. The van der Waals surface area contributed by atoms with Gasteiger partial charge in [-0.1, -0.05) is 37.8 Å². The second kappa shape index (κ2) is 13.3. The van der Waals surface area contributed by atoms with E-state index >= 15 is 4.39 Å². The fourth-order valence-electron chi connectivity index (χ4n) is 4.28. The molecule has 0 saturated carbocycles. The molecule has 0 spiro atoms. The van der Waals surface area contributed by atoms with E-state index in [9.17, 15) is 14.4 Å². The SMILES string of the molecule is C.COC(=O)Cc1ccc(C(C)=O)cc1OCc1cc(-c2cccc(CNC(=O)OC(C)(C)C)c2F)c2occc2c1. The monoisotopic (exact) mass is 577 g/mol. The maximum Gasteiger partial charge on any atom is 0.407 e. The largest absolute Gasteiger partial charge is 0.489 e. The number of carbonyl (C=O) groups is 3. The molecule has 3 aromatic carbocycles. The number of alkyl carbamates (subject to hydrolysis) is 1. The number of hydrogen-bond acceptors (Lipinski definition) is 7. The number of benzene rings is 3. The van der Waals surface area contributed by atoms with Gasteiger partial charge in [-0.3, -0.25) is 9.59 Å². The van der Waals surface area contributed by atoms with Crippen LogP contribution in [-0.4, -0.2) is 30.6 Å². The highest BCUT2D eigenvalue weighted by Gasteiger charge is 2.19. The Morgan fingerprint density at radius 1 is 0.976 bits per heavy atom. The molecule has 1 N–H and O–H groups in total. The Morgan fingerprint density at radius 3 is 2.43 bits per heavy atom. The van der Waals surface area contributed by atoms with Crippen molar-refractivity contribution in [2.24, 2.45) is 0 Å². The second-order valence-corrected chi connectivity index (χ2v) is 10.5. The fraction of sp³-hybridized carbons (Fsp3) is 0.303. The summed E-state index contributed by atoms with van der Waals surface area (Å²) in [4.78, 5) is 36.0. The van der Waals surface area contributed by atoms with Gasteiger partial charge in [0, 0.05) is 39.7 Å². The zero-order valence-electron chi connectivity index (χ0n) is 23.6. The maximum atomic E-state index is 15.8. The van der Waals surface area contributed by atoms with Crippen LogP contribution in [0.25, 0.3) is 22.1 Å². The number of ketones is 1. The van der Waals surface area contributed by atoms with Crippen LogP contribution in [-0.2, 0) is 33.8 Å². The first kappa shape index (κ1) is 31.9. The van der Waals surface area contributed by atoms with Crippen LogP contribution in [0.1, 0.15) is 62.2 Å². The van der Waals surface area contributed by atoms with E-state index < -0.39 is 23.5 Å². The number of Topliss-reactive ketones (excluding diaryl/α,β-unsaturated/α-hetero) is 1. The number of carbonyl (C=O) groups excluding carboxylic acids is 3. The lowest BCUT2D eigenvalue weighted by molar-refractivity contribution is -0.139. The van der Waals surface area contributed by atoms with Crippen molar-refractivity contribution in [2.45, 2.75) is 60.3 Å². The number of fused-ring (bicyclic) bond motifs is 1. The van der Waals surface area contributed by atoms with E-state index in [0.29, 0.717) is 39.1 Å². The van der Waals surface area contributed by atoms with Crippen LogP contribution in [0.3, 0.4) is 0 Å². The molecule has 0 saturated heterocycles. The average molecular weight is 578 g/mol. The number of methoxy groups -OCH3 is 1. The topological polar surface area (TPSA) is 104 Å². The summed E-state index contributed by atoms with van der Waals surface area (Å²) in [5, 5.41) is 3.33. The molecule has 0 radical (unpaired) electrons.